The van der Waals surface area contributed by atoms with Crippen molar-refractivity contribution in [3.05, 3.63) is 0 Å². The van der Waals surface area contributed by atoms with Gasteiger partial charge in [0, 0.05) is 0 Å². The SMILES string of the molecule is CC12CC3CC(C)(C1)CC(C(=O)N[C@@H](CO)C(=O)O)(C3)C2. The summed E-state index contributed by atoms with van der Waals surface area (Å²) in [5.41, 5.74) is -0.00132. The monoisotopic (exact) mass is 295 g/mol. The molecule has 4 saturated carbocycles. The summed E-state index contributed by atoms with van der Waals surface area (Å²) in [5, 5.41) is 20.7. The van der Waals surface area contributed by atoms with Gasteiger partial charge in [0.1, 0.15) is 6.04 Å². The molecule has 5 nitrogen and oxygen atoms in total. The fourth-order valence-electron chi connectivity index (χ4n) is 6.20. The van der Waals surface area contributed by atoms with E-state index in [1.165, 1.54) is 19.3 Å². The Morgan fingerprint density at radius 1 is 1.14 bits per heavy atom. The molecule has 0 heterocycles. The second-order valence-electron chi connectivity index (χ2n) is 8.46. The van der Waals surface area contributed by atoms with Crippen molar-refractivity contribution in [2.45, 2.75) is 58.4 Å². The predicted molar refractivity (Wildman–Crippen MR) is 76.5 cm³/mol. The average Bonchev–Trinajstić information content (AvgIpc) is 2.30. The van der Waals surface area contributed by atoms with Gasteiger partial charge in [-0.25, -0.2) is 4.79 Å². The fourth-order valence-corrected chi connectivity index (χ4v) is 6.20. The summed E-state index contributed by atoms with van der Waals surface area (Å²) in [7, 11) is 0. The molecule has 0 aliphatic heterocycles. The number of carbonyl (C=O) groups is 2. The van der Waals surface area contributed by atoms with Crippen LogP contribution in [0.15, 0.2) is 0 Å². The predicted octanol–water partition coefficient (Wildman–Crippen LogP) is 1.54. The van der Waals surface area contributed by atoms with Crippen molar-refractivity contribution in [3.63, 3.8) is 0 Å². The van der Waals surface area contributed by atoms with Crippen LogP contribution in [0.3, 0.4) is 0 Å². The summed E-state index contributed by atoms with van der Waals surface area (Å²) in [6.45, 7) is 3.99. The standard InChI is InChI=1S/C16H25NO4/c1-14-3-10-4-15(2,7-14)9-16(5-10,8-14)13(21)17-11(6-18)12(19)20/h10-11,18H,3-9H2,1-2H3,(H,17,21)(H,19,20)/t10?,11-,14?,15?,16?/m0/s1. The molecule has 3 atom stereocenters. The van der Waals surface area contributed by atoms with Gasteiger partial charge in [0.2, 0.25) is 5.91 Å². The van der Waals surface area contributed by atoms with Gasteiger partial charge in [-0.1, -0.05) is 13.8 Å². The maximum Gasteiger partial charge on any atom is 0.328 e. The highest BCUT2D eigenvalue weighted by molar-refractivity contribution is 5.88. The Kier molecular flexibility index (Phi) is 3.14. The van der Waals surface area contributed by atoms with Crippen LogP contribution >= 0.6 is 0 Å². The lowest BCUT2D eigenvalue weighted by Crippen LogP contribution is -2.61. The van der Waals surface area contributed by atoms with E-state index in [9.17, 15) is 9.59 Å². The van der Waals surface area contributed by atoms with Gasteiger partial charge in [0.05, 0.1) is 12.0 Å². The summed E-state index contributed by atoms with van der Waals surface area (Å²) < 4.78 is 0. The molecule has 0 saturated heterocycles. The number of aliphatic hydroxyl groups excluding tert-OH is 1. The minimum absolute atomic E-state index is 0.162. The first kappa shape index (κ1) is 14.8. The fraction of sp³-hybridized carbons (Fsp3) is 0.875. The van der Waals surface area contributed by atoms with Gasteiger partial charge in [-0.2, -0.15) is 0 Å². The molecule has 0 aromatic carbocycles. The largest absolute Gasteiger partial charge is 0.480 e. The zero-order chi connectivity index (χ0) is 15.5. The number of nitrogens with one attached hydrogen (secondary N) is 1. The van der Waals surface area contributed by atoms with E-state index in [1.54, 1.807) is 0 Å². The summed E-state index contributed by atoms with van der Waals surface area (Å²) in [5.74, 6) is -0.752. The third kappa shape index (κ3) is 2.35. The number of aliphatic carboxylic acids is 1. The van der Waals surface area contributed by atoms with Crippen molar-refractivity contribution in [3.8, 4) is 0 Å². The normalized spacial score (nSPS) is 45.4. The van der Waals surface area contributed by atoms with Crippen molar-refractivity contribution in [1.82, 2.24) is 5.32 Å². The molecule has 3 N–H and O–H groups in total. The first-order valence-electron chi connectivity index (χ1n) is 7.84. The molecule has 4 fully saturated rings. The van der Waals surface area contributed by atoms with Crippen LogP contribution in [0, 0.1) is 22.2 Å². The molecule has 5 heteroatoms. The first-order valence-corrected chi connectivity index (χ1v) is 7.84. The summed E-state index contributed by atoms with van der Waals surface area (Å²) in [6.07, 6.45) is 6.15. The highest BCUT2D eigenvalue weighted by Gasteiger charge is 2.62. The molecule has 118 valence electrons. The van der Waals surface area contributed by atoms with Crippen LogP contribution in [0.4, 0.5) is 0 Å². The van der Waals surface area contributed by atoms with Crippen LogP contribution < -0.4 is 5.32 Å². The van der Waals surface area contributed by atoms with E-state index in [4.69, 9.17) is 10.2 Å². The van der Waals surface area contributed by atoms with Crippen molar-refractivity contribution in [2.24, 2.45) is 22.2 Å². The molecule has 4 aliphatic rings. The van der Waals surface area contributed by atoms with Crippen LogP contribution in [0.5, 0.6) is 0 Å². The minimum atomic E-state index is -1.19. The third-order valence-electron chi connectivity index (χ3n) is 5.89. The maximum atomic E-state index is 12.8. The molecular formula is C16H25NO4. The molecule has 4 aliphatic carbocycles. The Balaban J connectivity index is 1.84. The van der Waals surface area contributed by atoms with E-state index in [2.05, 4.69) is 19.2 Å². The number of carboxylic acids is 1. The van der Waals surface area contributed by atoms with E-state index < -0.39 is 24.0 Å². The van der Waals surface area contributed by atoms with Crippen LogP contribution in [0.2, 0.25) is 0 Å². The Morgan fingerprint density at radius 3 is 2.14 bits per heavy atom. The van der Waals surface area contributed by atoms with E-state index in [0.29, 0.717) is 5.92 Å². The van der Waals surface area contributed by atoms with Crippen LogP contribution in [0.1, 0.15) is 52.4 Å². The number of hydrogen-bond acceptors (Lipinski definition) is 3. The number of aliphatic hydroxyl groups is 1. The average molecular weight is 295 g/mol. The van der Waals surface area contributed by atoms with Crippen LogP contribution in [-0.4, -0.2) is 34.7 Å². The lowest BCUT2D eigenvalue weighted by Gasteiger charge is -2.64. The van der Waals surface area contributed by atoms with Crippen molar-refractivity contribution >= 4 is 11.9 Å². The number of hydrogen-bond donors (Lipinski definition) is 3. The first-order chi connectivity index (χ1) is 9.69. The van der Waals surface area contributed by atoms with E-state index in [1.807, 2.05) is 0 Å². The zero-order valence-corrected chi connectivity index (χ0v) is 12.8. The van der Waals surface area contributed by atoms with Gasteiger partial charge in [0.25, 0.3) is 0 Å². The Morgan fingerprint density at radius 2 is 1.71 bits per heavy atom. The molecular weight excluding hydrogens is 270 g/mol. The van der Waals surface area contributed by atoms with Crippen molar-refractivity contribution in [1.29, 1.82) is 0 Å². The van der Waals surface area contributed by atoms with Crippen molar-refractivity contribution < 1.29 is 19.8 Å². The maximum absolute atomic E-state index is 12.8. The van der Waals surface area contributed by atoms with Crippen LogP contribution in [0.25, 0.3) is 0 Å². The molecule has 2 unspecified atom stereocenters. The Labute approximate surface area is 125 Å². The number of rotatable bonds is 4. The molecule has 21 heavy (non-hydrogen) atoms. The molecule has 0 radical (unpaired) electrons. The van der Waals surface area contributed by atoms with Gasteiger partial charge < -0.3 is 15.5 Å². The topological polar surface area (TPSA) is 86.6 Å². The molecule has 0 aromatic rings. The lowest BCUT2D eigenvalue weighted by molar-refractivity contribution is -0.172. The van der Waals surface area contributed by atoms with Gasteiger partial charge >= 0.3 is 5.97 Å². The molecule has 0 spiro atoms. The second kappa shape index (κ2) is 4.45. The molecule has 1 amide bonds. The van der Waals surface area contributed by atoms with Gasteiger partial charge in [0.15, 0.2) is 0 Å². The molecule has 0 aromatic heterocycles. The summed E-state index contributed by atoms with van der Waals surface area (Å²) >= 11 is 0. The Hall–Kier alpha value is -1.10. The van der Waals surface area contributed by atoms with E-state index in [-0.39, 0.29) is 16.7 Å². The summed E-state index contributed by atoms with van der Waals surface area (Å²) in [6, 6.07) is -1.19. The molecule has 4 bridgehead atoms. The van der Waals surface area contributed by atoms with Gasteiger partial charge in [-0.15, -0.1) is 0 Å². The van der Waals surface area contributed by atoms with E-state index in [0.717, 1.165) is 19.3 Å². The van der Waals surface area contributed by atoms with Crippen molar-refractivity contribution in [2.75, 3.05) is 6.61 Å². The van der Waals surface area contributed by atoms with Gasteiger partial charge in [-0.05, 0) is 55.3 Å². The summed E-state index contributed by atoms with van der Waals surface area (Å²) in [4.78, 5) is 23.8. The smallest absolute Gasteiger partial charge is 0.328 e. The zero-order valence-electron chi connectivity index (χ0n) is 12.8. The highest BCUT2D eigenvalue weighted by atomic mass is 16.4. The van der Waals surface area contributed by atoms with Gasteiger partial charge in [-0.3, -0.25) is 4.79 Å². The quantitative estimate of drug-likeness (QED) is 0.734. The van der Waals surface area contributed by atoms with E-state index >= 15 is 0 Å². The number of carboxylic acid groups (broad SMARTS) is 1. The number of carbonyl (C=O) groups excluding carboxylic acids is 1. The second-order valence-corrected chi connectivity index (χ2v) is 8.46. The number of amides is 1. The third-order valence-corrected chi connectivity index (χ3v) is 5.89. The molecule has 4 rings (SSSR count). The lowest BCUT2D eigenvalue weighted by atomic mass is 9.40. The highest BCUT2D eigenvalue weighted by Crippen LogP contribution is 2.69. The minimum Gasteiger partial charge on any atom is -0.480 e. The van der Waals surface area contributed by atoms with Crippen LogP contribution in [-0.2, 0) is 9.59 Å². The Bertz CT molecular complexity index is 471.